The van der Waals surface area contributed by atoms with Crippen molar-refractivity contribution in [1.82, 2.24) is 9.03 Å². The minimum Gasteiger partial charge on any atom is -0.495 e. The molecule has 0 aliphatic carbocycles. The van der Waals surface area contributed by atoms with Gasteiger partial charge in [-0.25, -0.2) is 21.6 Å². The topological polar surface area (TPSA) is 92.8 Å². The second-order valence-electron chi connectivity index (χ2n) is 5.58. The van der Waals surface area contributed by atoms with Gasteiger partial charge in [0.2, 0.25) is 20.0 Å². The maximum absolute atomic E-state index is 12.9. The molecule has 0 bridgehead atoms. The summed E-state index contributed by atoms with van der Waals surface area (Å²) in [5, 5.41) is 0.846. The predicted molar refractivity (Wildman–Crippen MR) is 91.6 cm³/mol. The number of hydrogen-bond donors (Lipinski definition) is 1. The lowest BCUT2D eigenvalue weighted by Crippen LogP contribution is -2.43. The van der Waals surface area contributed by atoms with Crippen LogP contribution in [0.25, 0.3) is 0 Å². The molecule has 0 amide bonds. The monoisotopic (exact) mass is 374 g/mol. The van der Waals surface area contributed by atoms with Crippen molar-refractivity contribution in [3.8, 4) is 5.75 Å². The lowest BCUT2D eigenvalue weighted by molar-refractivity contribution is 0.266. The van der Waals surface area contributed by atoms with Crippen molar-refractivity contribution in [2.45, 2.75) is 17.7 Å². The van der Waals surface area contributed by atoms with E-state index >= 15 is 0 Å². The summed E-state index contributed by atoms with van der Waals surface area (Å²) in [6.07, 6.45) is 1.44. The molecule has 1 heterocycles. The third-order valence-corrected chi connectivity index (χ3v) is 6.87. The van der Waals surface area contributed by atoms with E-state index in [-0.39, 0.29) is 23.9 Å². The molecule has 0 saturated carbocycles. The number of sulfonamides is 2. The van der Waals surface area contributed by atoms with Gasteiger partial charge in [-0.05, 0) is 30.9 Å². The van der Waals surface area contributed by atoms with E-state index in [0.717, 1.165) is 11.8 Å². The lowest BCUT2D eigenvalue weighted by Gasteiger charge is -2.32. The van der Waals surface area contributed by atoms with Gasteiger partial charge in [-0.3, -0.25) is 0 Å². The zero-order valence-corrected chi connectivity index (χ0v) is 15.1. The highest BCUT2D eigenvalue weighted by molar-refractivity contribution is 7.92. The van der Waals surface area contributed by atoms with Crippen molar-refractivity contribution in [3.05, 3.63) is 36.3 Å². The molecule has 1 atom stereocenters. The van der Waals surface area contributed by atoms with Crippen molar-refractivity contribution in [3.63, 3.8) is 0 Å². The summed E-state index contributed by atoms with van der Waals surface area (Å²) in [6.45, 7) is 4.10. The highest BCUT2D eigenvalue weighted by atomic mass is 32.2. The summed E-state index contributed by atoms with van der Waals surface area (Å²) in [5.74, 6) is 0.213. The smallest absolute Gasteiger partial charge is 0.246 e. The molecule has 7 nitrogen and oxygen atoms in total. The Labute approximate surface area is 143 Å². The van der Waals surface area contributed by atoms with Crippen LogP contribution in [0.15, 0.2) is 41.1 Å². The first-order valence-electron chi connectivity index (χ1n) is 7.55. The van der Waals surface area contributed by atoms with Crippen LogP contribution in [0.5, 0.6) is 5.75 Å². The van der Waals surface area contributed by atoms with Crippen LogP contribution < -0.4 is 9.46 Å². The third-order valence-electron chi connectivity index (χ3n) is 3.96. The molecule has 134 valence electrons. The number of piperidine rings is 1. The molecule has 1 N–H and O–H groups in total. The SMILES string of the molecule is C=CS(=O)(=O)NC[C@H]1CCCN(S(=O)(=O)c2ccccc2OC)C1. The molecule has 2 rings (SSSR count). The number of nitrogens with zero attached hydrogens (tertiary/aromatic N) is 1. The van der Waals surface area contributed by atoms with Crippen LogP contribution >= 0.6 is 0 Å². The molecule has 0 spiro atoms. The molecule has 1 aromatic rings. The summed E-state index contributed by atoms with van der Waals surface area (Å²) < 4.78 is 57.6. The number of rotatable bonds is 7. The minimum atomic E-state index is -3.69. The second-order valence-corrected chi connectivity index (χ2v) is 9.20. The zero-order valence-electron chi connectivity index (χ0n) is 13.5. The highest BCUT2D eigenvalue weighted by Gasteiger charge is 2.32. The standard InChI is InChI=1S/C15H22N2O5S2/c1-3-23(18,19)16-11-13-7-6-10-17(12-13)24(20,21)15-9-5-4-8-14(15)22-2/h3-5,8-9,13,16H,1,6-7,10-12H2,2H3/t13-/m1/s1. The fourth-order valence-electron chi connectivity index (χ4n) is 2.68. The van der Waals surface area contributed by atoms with Crippen LogP contribution in [-0.4, -0.2) is 47.9 Å². The van der Waals surface area contributed by atoms with Gasteiger partial charge in [0.05, 0.1) is 7.11 Å². The quantitative estimate of drug-likeness (QED) is 0.773. The first kappa shape index (κ1) is 18.9. The van der Waals surface area contributed by atoms with Gasteiger partial charge in [0, 0.05) is 25.0 Å². The highest BCUT2D eigenvalue weighted by Crippen LogP contribution is 2.29. The first-order valence-corrected chi connectivity index (χ1v) is 10.5. The minimum absolute atomic E-state index is 0.0852. The Kier molecular flexibility index (Phi) is 6.02. The van der Waals surface area contributed by atoms with Crippen LogP contribution in [0.4, 0.5) is 0 Å². The van der Waals surface area contributed by atoms with Crippen LogP contribution in [0.1, 0.15) is 12.8 Å². The molecule has 9 heteroatoms. The van der Waals surface area contributed by atoms with Gasteiger partial charge in [0.25, 0.3) is 0 Å². The van der Waals surface area contributed by atoms with E-state index in [1.807, 2.05) is 0 Å². The molecule has 24 heavy (non-hydrogen) atoms. The number of nitrogens with one attached hydrogen (secondary N) is 1. The van der Waals surface area contributed by atoms with Gasteiger partial charge in [-0.1, -0.05) is 18.7 Å². The molecule has 0 unspecified atom stereocenters. The third kappa shape index (κ3) is 4.35. The molecular weight excluding hydrogens is 352 g/mol. The molecule has 1 aliphatic rings. The van der Waals surface area contributed by atoms with Crippen molar-refractivity contribution < 1.29 is 21.6 Å². The zero-order chi connectivity index (χ0) is 17.8. The molecule has 1 aromatic carbocycles. The van der Waals surface area contributed by atoms with Crippen LogP contribution in [-0.2, 0) is 20.0 Å². The molecule has 1 fully saturated rings. The van der Waals surface area contributed by atoms with Gasteiger partial charge in [0.15, 0.2) is 0 Å². The predicted octanol–water partition coefficient (Wildman–Crippen LogP) is 1.16. The summed E-state index contributed by atoms with van der Waals surface area (Å²) in [5.41, 5.74) is 0. The average molecular weight is 374 g/mol. The maximum Gasteiger partial charge on any atom is 0.246 e. The van der Waals surface area contributed by atoms with E-state index in [9.17, 15) is 16.8 Å². The van der Waals surface area contributed by atoms with E-state index in [1.54, 1.807) is 18.2 Å². The Morgan fingerprint density at radius 2 is 2.04 bits per heavy atom. The molecular formula is C15H22N2O5S2. The van der Waals surface area contributed by atoms with Crippen molar-refractivity contribution in [2.75, 3.05) is 26.7 Å². The van der Waals surface area contributed by atoms with Gasteiger partial charge in [-0.2, -0.15) is 4.31 Å². The first-order chi connectivity index (χ1) is 11.3. The summed E-state index contributed by atoms with van der Waals surface area (Å²) in [6, 6.07) is 6.47. The van der Waals surface area contributed by atoms with E-state index in [4.69, 9.17) is 4.74 Å². The van der Waals surface area contributed by atoms with Gasteiger partial charge in [-0.15, -0.1) is 0 Å². The van der Waals surface area contributed by atoms with E-state index in [1.165, 1.54) is 17.5 Å². The fourth-order valence-corrected chi connectivity index (χ4v) is 4.97. The fraction of sp³-hybridized carbons (Fsp3) is 0.467. The Morgan fingerprint density at radius 1 is 1.33 bits per heavy atom. The normalized spacial score (nSPS) is 19.8. The Balaban J connectivity index is 2.15. The van der Waals surface area contributed by atoms with Crippen LogP contribution in [0.3, 0.4) is 0 Å². The average Bonchev–Trinajstić information content (AvgIpc) is 2.60. The molecule has 1 saturated heterocycles. The van der Waals surface area contributed by atoms with Gasteiger partial charge < -0.3 is 4.74 Å². The van der Waals surface area contributed by atoms with Gasteiger partial charge in [0.1, 0.15) is 10.6 Å². The summed E-state index contributed by atoms with van der Waals surface area (Å²) in [4.78, 5) is 0.125. The van der Waals surface area contributed by atoms with Crippen LogP contribution in [0, 0.1) is 5.92 Å². The summed E-state index contributed by atoms with van der Waals surface area (Å²) in [7, 11) is -5.77. The number of hydrogen-bond acceptors (Lipinski definition) is 5. The largest absolute Gasteiger partial charge is 0.495 e. The number of para-hydroxylation sites is 1. The number of methoxy groups -OCH3 is 1. The van der Waals surface area contributed by atoms with Gasteiger partial charge >= 0.3 is 0 Å². The lowest BCUT2D eigenvalue weighted by atomic mass is 10.0. The van der Waals surface area contributed by atoms with Crippen molar-refractivity contribution >= 4 is 20.0 Å². The van der Waals surface area contributed by atoms with E-state index in [2.05, 4.69) is 11.3 Å². The Bertz CT molecular complexity index is 790. The summed E-state index contributed by atoms with van der Waals surface area (Å²) >= 11 is 0. The second kappa shape index (κ2) is 7.64. The van der Waals surface area contributed by atoms with E-state index < -0.39 is 20.0 Å². The molecule has 0 aromatic heterocycles. The number of ether oxygens (including phenoxy) is 1. The van der Waals surface area contributed by atoms with Crippen molar-refractivity contribution in [2.24, 2.45) is 5.92 Å². The van der Waals surface area contributed by atoms with Crippen LogP contribution in [0.2, 0.25) is 0 Å². The van der Waals surface area contributed by atoms with Crippen molar-refractivity contribution in [1.29, 1.82) is 0 Å². The number of benzene rings is 1. The Hall–Kier alpha value is -1.42. The Morgan fingerprint density at radius 3 is 2.71 bits per heavy atom. The molecule has 0 radical (unpaired) electrons. The van der Waals surface area contributed by atoms with E-state index in [0.29, 0.717) is 18.7 Å². The molecule has 1 aliphatic heterocycles. The maximum atomic E-state index is 12.9.